The van der Waals surface area contributed by atoms with Crippen LogP contribution in [0.2, 0.25) is 0 Å². The summed E-state index contributed by atoms with van der Waals surface area (Å²) >= 11 is 0. The van der Waals surface area contributed by atoms with Gasteiger partial charge in [-0.3, -0.25) is 14.9 Å². The zero-order valence-corrected chi connectivity index (χ0v) is 18.2. The Morgan fingerprint density at radius 1 is 1.00 bits per heavy atom. The number of nitro benzene ring substituents is 1. The van der Waals surface area contributed by atoms with Crippen LogP contribution in [-0.2, 0) is 9.53 Å². The van der Waals surface area contributed by atoms with E-state index in [1.54, 1.807) is 25.1 Å². The summed E-state index contributed by atoms with van der Waals surface area (Å²) in [5.74, 6) is -0.341. The Bertz CT molecular complexity index is 592. The molecule has 0 aliphatic carbocycles. The highest BCUT2D eigenvalue weighted by Crippen LogP contribution is 2.27. The minimum atomic E-state index is -0.408. The van der Waals surface area contributed by atoms with E-state index in [4.69, 9.17) is 4.74 Å². The molecular formula is C23H38N2O4. The first-order chi connectivity index (χ1) is 14.1. The van der Waals surface area contributed by atoms with Gasteiger partial charge < -0.3 is 10.1 Å². The lowest BCUT2D eigenvalue weighted by Gasteiger charge is -2.18. The molecule has 0 saturated heterocycles. The van der Waals surface area contributed by atoms with Gasteiger partial charge in [0.25, 0.3) is 5.69 Å². The van der Waals surface area contributed by atoms with Gasteiger partial charge in [-0.2, -0.15) is 0 Å². The highest BCUT2D eigenvalue weighted by molar-refractivity contribution is 5.70. The smallest absolute Gasteiger partial charge is 0.307 e. The molecule has 1 atom stereocenters. The van der Waals surface area contributed by atoms with E-state index in [2.05, 4.69) is 12.2 Å². The van der Waals surface area contributed by atoms with Crippen molar-refractivity contribution in [3.8, 4) is 0 Å². The van der Waals surface area contributed by atoms with Crippen molar-refractivity contribution in [1.82, 2.24) is 5.32 Å². The highest BCUT2D eigenvalue weighted by atomic mass is 16.6. The molecular weight excluding hydrogens is 368 g/mol. The third-order valence-corrected chi connectivity index (χ3v) is 5.11. The van der Waals surface area contributed by atoms with Crippen molar-refractivity contribution in [3.63, 3.8) is 0 Å². The van der Waals surface area contributed by atoms with E-state index in [1.165, 1.54) is 57.4 Å². The lowest BCUT2D eigenvalue weighted by atomic mass is 10.0. The van der Waals surface area contributed by atoms with Crippen molar-refractivity contribution >= 4 is 11.7 Å². The highest BCUT2D eigenvalue weighted by Gasteiger charge is 2.24. The Morgan fingerprint density at radius 2 is 1.59 bits per heavy atom. The zero-order valence-electron chi connectivity index (χ0n) is 18.2. The first-order valence-corrected chi connectivity index (χ1v) is 11.2. The van der Waals surface area contributed by atoms with Gasteiger partial charge in [0.1, 0.15) is 0 Å². The minimum Gasteiger partial charge on any atom is -0.466 e. The standard InChI is InChI=1S/C23H38N2O4/c1-3-5-6-7-8-9-10-11-12-15-18-24-21(19-23(26)29-4-2)20-16-13-14-17-22(20)25(27)28/h13-14,16-17,21,24H,3-12,15,18-19H2,1-2H3. The van der Waals surface area contributed by atoms with Gasteiger partial charge in [-0.15, -0.1) is 0 Å². The fourth-order valence-electron chi connectivity index (χ4n) is 3.52. The molecule has 1 N–H and O–H groups in total. The molecule has 0 heterocycles. The Hall–Kier alpha value is -1.95. The second-order valence-electron chi connectivity index (χ2n) is 7.51. The summed E-state index contributed by atoms with van der Waals surface area (Å²) in [6.07, 6.45) is 12.7. The number of ether oxygens (including phenoxy) is 1. The molecule has 0 fully saturated rings. The number of nitrogens with one attached hydrogen (secondary N) is 1. The number of hydrogen-bond acceptors (Lipinski definition) is 5. The van der Waals surface area contributed by atoms with Crippen molar-refractivity contribution < 1.29 is 14.5 Å². The second-order valence-corrected chi connectivity index (χ2v) is 7.51. The van der Waals surface area contributed by atoms with Gasteiger partial charge >= 0.3 is 5.97 Å². The Balaban J connectivity index is 2.41. The van der Waals surface area contributed by atoms with E-state index in [-0.39, 0.29) is 18.1 Å². The number of nitro groups is 1. The Morgan fingerprint density at radius 3 is 2.17 bits per heavy atom. The van der Waals surface area contributed by atoms with Gasteiger partial charge in [0.15, 0.2) is 0 Å². The summed E-state index contributed by atoms with van der Waals surface area (Å²) in [5.41, 5.74) is 0.579. The maximum atomic E-state index is 12.0. The average Bonchev–Trinajstić information content (AvgIpc) is 2.71. The predicted molar refractivity (Wildman–Crippen MR) is 117 cm³/mol. The molecule has 0 saturated carbocycles. The maximum absolute atomic E-state index is 12.0. The molecule has 0 radical (unpaired) electrons. The summed E-state index contributed by atoms with van der Waals surface area (Å²) in [7, 11) is 0. The molecule has 0 aromatic heterocycles. The number of para-hydroxylation sites is 1. The molecule has 0 aliphatic rings. The van der Waals surface area contributed by atoms with Crippen molar-refractivity contribution in [1.29, 1.82) is 0 Å². The molecule has 1 rings (SSSR count). The van der Waals surface area contributed by atoms with E-state index in [9.17, 15) is 14.9 Å². The van der Waals surface area contributed by atoms with Crippen LogP contribution in [0.4, 0.5) is 5.69 Å². The number of esters is 1. The van der Waals surface area contributed by atoms with Crippen LogP contribution in [0.1, 0.15) is 96.1 Å². The van der Waals surface area contributed by atoms with Gasteiger partial charge in [-0.25, -0.2) is 0 Å². The fourth-order valence-corrected chi connectivity index (χ4v) is 3.52. The van der Waals surface area contributed by atoms with E-state index in [1.807, 2.05) is 0 Å². The lowest BCUT2D eigenvalue weighted by Crippen LogP contribution is -2.26. The van der Waals surface area contributed by atoms with Gasteiger partial charge in [0, 0.05) is 17.7 Å². The molecule has 1 aromatic rings. The summed E-state index contributed by atoms with van der Waals surface area (Å²) in [6, 6.07) is 6.20. The van der Waals surface area contributed by atoms with Crippen LogP contribution in [0, 0.1) is 10.1 Å². The zero-order chi connectivity index (χ0) is 21.3. The van der Waals surface area contributed by atoms with Gasteiger partial charge in [0.05, 0.1) is 18.0 Å². The minimum absolute atomic E-state index is 0.0392. The van der Waals surface area contributed by atoms with E-state index in [0.717, 1.165) is 19.4 Å². The second kappa shape index (κ2) is 15.9. The van der Waals surface area contributed by atoms with E-state index >= 15 is 0 Å². The molecule has 1 aromatic carbocycles. The third kappa shape index (κ3) is 11.0. The number of rotatable bonds is 17. The van der Waals surface area contributed by atoms with Crippen molar-refractivity contribution in [3.05, 3.63) is 39.9 Å². The summed E-state index contributed by atoms with van der Waals surface area (Å²) < 4.78 is 5.05. The van der Waals surface area contributed by atoms with Crippen LogP contribution in [0.25, 0.3) is 0 Å². The lowest BCUT2D eigenvalue weighted by molar-refractivity contribution is -0.385. The van der Waals surface area contributed by atoms with E-state index < -0.39 is 11.0 Å². The molecule has 0 aliphatic heterocycles. The predicted octanol–water partition coefficient (Wildman–Crippen LogP) is 6.10. The number of carbonyl (C=O) groups is 1. The van der Waals surface area contributed by atoms with Gasteiger partial charge in [0.2, 0.25) is 0 Å². The maximum Gasteiger partial charge on any atom is 0.307 e. The number of nitrogens with zero attached hydrogens (tertiary/aromatic N) is 1. The SMILES string of the molecule is CCCCCCCCCCCCNC(CC(=O)OCC)c1ccccc1[N+](=O)[O-]. The van der Waals surface area contributed by atoms with Crippen molar-refractivity contribution in [2.24, 2.45) is 0 Å². The first kappa shape index (κ1) is 25.1. The Labute approximate surface area is 175 Å². The molecule has 6 nitrogen and oxygen atoms in total. The molecule has 0 amide bonds. The number of unbranched alkanes of at least 4 members (excludes halogenated alkanes) is 9. The number of benzene rings is 1. The molecule has 6 heteroatoms. The topological polar surface area (TPSA) is 81.5 Å². The van der Waals surface area contributed by atoms with Crippen LogP contribution in [0.3, 0.4) is 0 Å². The molecule has 1 unspecified atom stereocenters. The summed E-state index contributed by atoms with van der Waals surface area (Å²) in [5, 5.41) is 14.7. The molecule has 0 bridgehead atoms. The quantitative estimate of drug-likeness (QED) is 0.146. The van der Waals surface area contributed by atoms with Crippen LogP contribution < -0.4 is 5.32 Å². The number of hydrogen-bond donors (Lipinski definition) is 1. The first-order valence-electron chi connectivity index (χ1n) is 11.2. The monoisotopic (exact) mass is 406 g/mol. The number of carbonyl (C=O) groups excluding carboxylic acids is 1. The molecule has 0 spiro atoms. The average molecular weight is 407 g/mol. The normalized spacial score (nSPS) is 11.9. The van der Waals surface area contributed by atoms with Crippen LogP contribution in [-0.4, -0.2) is 24.0 Å². The third-order valence-electron chi connectivity index (χ3n) is 5.11. The van der Waals surface area contributed by atoms with Crippen molar-refractivity contribution in [2.45, 2.75) is 90.5 Å². The van der Waals surface area contributed by atoms with E-state index in [0.29, 0.717) is 12.2 Å². The van der Waals surface area contributed by atoms with Gasteiger partial charge in [-0.1, -0.05) is 82.9 Å². The fraction of sp³-hybridized carbons (Fsp3) is 0.696. The van der Waals surface area contributed by atoms with Crippen LogP contribution in [0.15, 0.2) is 24.3 Å². The molecule has 29 heavy (non-hydrogen) atoms. The molecule has 164 valence electrons. The summed E-state index contributed by atoms with van der Waals surface area (Å²) in [4.78, 5) is 22.9. The van der Waals surface area contributed by atoms with Crippen molar-refractivity contribution in [2.75, 3.05) is 13.2 Å². The van der Waals surface area contributed by atoms with Crippen LogP contribution in [0.5, 0.6) is 0 Å². The largest absolute Gasteiger partial charge is 0.466 e. The summed E-state index contributed by atoms with van der Waals surface area (Å²) in [6.45, 7) is 5.03. The van der Waals surface area contributed by atoms with Crippen LogP contribution >= 0.6 is 0 Å². The Kier molecular flexibility index (Phi) is 13.8. The van der Waals surface area contributed by atoms with Gasteiger partial charge in [-0.05, 0) is 19.9 Å².